The SMILES string of the molecule is CC1CN(C(=O)c2ccccc2OC(F)F)CCC1N.Cl. The maximum atomic E-state index is 12.4. The lowest BCUT2D eigenvalue weighted by Gasteiger charge is -2.35. The van der Waals surface area contributed by atoms with Crippen LogP contribution in [0.2, 0.25) is 0 Å². The highest BCUT2D eigenvalue weighted by molar-refractivity contribution is 5.97. The van der Waals surface area contributed by atoms with Crippen LogP contribution < -0.4 is 10.5 Å². The average molecular weight is 321 g/mol. The number of carbonyl (C=O) groups excluding carboxylic acids is 1. The Morgan fingerprint density at radius 2 is 2.10 bits per heavy atom. The number of likely N-dealkylation sites (tertiary alicyclic amines) is 1. The van der Waals surface area contributed by atoms with Gasteiger partial charge in [-0.25, -0.2) is 0 Å². The molecule has 118 valence electrons. The largest absolute Gasteiger partial charge is 0.434 e. The summed E-state index contributed by atoms with van der Waals surface area (Å²) in [6, 6.07) is 6.14. The van der Waals surface area contributed by atoms with Crippen LogP contribution in [0.5, 0.6) is 5.75 Å². The zero-order chi connectivity index (χ0) is 14.7. The molecule has 1 fully saturated rings. The number of piperidine rings is 1. The van der Waals surface area contributed by atoms with Crippen molar-refractivity contribution in [2.24, 2.45) is 11.7 Å². The molecule has 2 atom stereocenters. The number of hydrogen-bond acceptors (Lipinski definition) is 3. The van der Waals surface area contributed by atoms with Crippen LogP contribution in [0.4, 0.5) is 8.78 Å². The molecular formula is C14H19ClF2N2O2. The van der Waals surface area contributed by atoms with Crippen molar-refractivity contribution in [1.82, 2.24) is 4.90 Å². The van der Waals surface area contributed by atoms with Gasteiger partial charge in [0, 0.05) is 19.1 Å². The molecule has 2 N–H and O–H groups in total. The van der Waals surface area contributed by atoms with Crippen molar-refractivity contribution in [3.05, 3.63) is 29.8 Å². The van der Waals surface area contributed by atoms with E-state index in [2.05, 4.69) is 4.74 Å². The molecule has 2 unspecified atom stereocenters. The van der Waals surface area contributed by atoms with Crippen molar-refractivity contribution in [2.75, 3.05) is 13.1 Å². The zero-order valence-electron chi connectivity index (χ0n) is 11.7. The Kier molecular flexibility index (Phi) is 6.36. The molecule has 1 aromatic rings. The highest BCUT2D eigenvalue weighted by atomic mass is 35.5. The molecule has 1 aliphatic heterocycles. The van der Waals surface area contributed by atoms with E-state index in [1.54, 1.807) is 17.0 Å². The Hall–Kier alpha value is -1.40. The van der Waals surface area contributed by atoms with E-state index in [1.807, 2.05) is 6.92 Å². The Bertz CT molecular complexity index is 488. The molecule has 0 saturated carbocycles. The number of para-hydroxylation sites is 1. The summed E-state index contributed by atoms with van der Waals surface area (Å²) >= 11 is 0. The minimum absolute atomic E-state index is 0. The summed E-state index contributed by atoms with van der Waals surface area (Å²) in [5.74, 6) is -0.189. The van der Waals surface area contributed by atoms with Crippen molar-refractivity contribution in [1.29, 1.82) is 0 Å². The van der Waals surface area contributed by atoms with Gasteiger partial charge in [-0.15, -0.1) is 12.4 Å². The Labute approximate surface area is 128 Å². The Morgan fingerprint density at radius 3 is 2.71 bits per heavy atom. The molecule has 2 rings (SSSR count). The molecule has 0 bridgehead atoms. The van der Waals surface area contributed by atoms with E-state index in [1.165, 1.54) is 12.1 Å². The number of rotatable bonds is 3. The molecule has 0 spiro atoms. The van der Waals surface area contributed by atoms with E-state index in [4.69, 9.17) is 5.73 Å². The molecule has 1 saturated heterocycles. The fourth-order valence-electron chi connectivity index (χ4n) is 2.36. The molecule has 1 aromatic carbocycles. The first kappa shape index (κ1) is 17.7. The fraction of sp³-hybridized carbons (Fsp3) is 0.500. The smallest absolute Gasteiger partial charge is 0.387 e. The Morgan fingerprint density at radius 1 is 1.43 bits per heavy atom. The van der Waals surface area contributed by atoms with Gasteiger partial charge in [0.05, 0.1) is 5.56 Å². The van der Waals surface area contributed by atoms with Crippen LogP contribution in [-0.4, -0.2) is 36.5 Å². The lowest BCUT2D eigenvalue weighted by molar-refractivity contribution is -0.0503. The predicted octanol–water partition coefficient (Wildman–Crippen LogP) is 2.52. The topological polar surface area (TPSA) is 55.6 Å². The third-order valence-electron chi connectivity index (χ3n) is 3.59. The first-order chi connectivity index (χ1) is 9.49. The minimum atomic E-state index is -2.95. The molecular weight excluding hydrogens is 302 g/mol. The second kappa shape index (κ2) is 7.56. The van der Waals surface area contributed by atoms with Crippen LogP contribution in [-0.2, 0) is 0 Å². The first-order valence-electron chi connectivity index (χ1n) is 6.57. The summed E-state index contributed by atoms with van der Waals surface area (Å²) in [6.45, 7) is 0.0971. The number of nitrogens with zero attached hydrogens (tertiary/aromatic N) is 1. The quantitative estimate of drug-likeness (QED) is 0.931. The van der Waals surface area contributed by atoms with Gasteiger partial charge in [-0.2, -0.15) is 8.78 Å². The third kappa shape index (κ3) is 4.28. The van der Waals surface area contributed by atoms with Crippen molar-refractivity contribution < 1.29 is 18.3 Å². The van der Waals surface area contributed by atoms with Crippen LogP contribution in [0.25, 0.3) is 0 Å². The molecule has 0 aliphatic carbocycles. The molecule has 7 heteroatoms. The standard InChI is InChI=1S/C14H18F2N2O2.ClH/c1-9-8-18(7-6-11(9)17)13(19)10-4-2-3-5-12(10)20-14(15)16;/h2-5,9,11,14H,6-8,17H2,1H3;1H. The number of halogens is 3. The van der Waals surface area contributed by atoms with Gasteiger partial charge in [0.1, 0.15) is 5.75 Å². The average Bonchev–Trinajstić information content (AvgIpc) is 2.41. The molecule has 0 radical (unpaired) electrons. The predicted molar refractivity (Wildman–Crippen MR) is 78.0 cm³/mol. The van der Waals surface area contributed by atoms with Crippen molar-refractivity contribution >= 4 is 18.3 Å². The maximum Gasteiger partial charge on any atom is 0.387 e. The van der Waals surface area contributed by atoms with E-state index in [-0.39, 0.29) is 41.6 Å². The monoisotopic (exact) mass is 320 g/mol. The summed E-state index contributed by atoms with van der Waals surface area (Å²) in [6.07, 6.45) is 0.713. The van der Waals surface area contributed by atoms with Crippen molar-refractivity contribution in [3.8, 4) is 5.75 Å². The van der Waals surface area contributed by atoms with Gasteiger partial charge in [0.15, 0.2) is 0 Å². The van der Waals surface area contributed by atoms with E-state index >= 15 is 0 Å². The van der Waals surface area contributed by atoms with Crippen molar-refractivity contribution in [2.45, 2.75) is 26.0 Å². The number of alkyl halides is 2. The second-order valence-corrected chi connectivity index (χ2v) is 5.06. The van der Waals surface area contributed by atoms with Gasteiger partial charge in [-0.1, -0.05) is 19.1 Å². The van der Waals surface area contributed by atoms with Gasteiger partial charge in [-0.3, -0.25) is 4.79 Å². The molecule has 0 aromatic heterocycles. The lowest BCUT2D eigenvalue weighted by Crippen LogP contribution is -2.48. The zero-order valence-corrected chi connectivity index (χ0v) is 12.5. The summed E-state index contributed by atoms with van der Waals surface area (Å²) in [5.41, 5.74) is 6.08. The first-order valence-corrected chi connectivity index (χ1v) is 6.57. The molecule has 4 nitrogen and oxygen atoms in total. The van der Waals surface area contributed by atoms with Gasteiger partial charge >= 0.3 is 6.61 Å². The maximum absolute atomic E-state index is 12.4. The van der Waals surface area contributed by atoms with Gasteiger partial charge in [0.2, 0.25) is 0 Å². The van der Waals surface area contributed by atoms with Crippen LogP contribution in [0.15, 0.2) is 24.3 Å². The number of hydrogen-bond donors (Lipinski definition) is 1. The van der Waals surface area contributed by atoms with Gasteiger partial charge in [0.25, 0.3) is 5.91 Å². The molecule has 1 amide bonds. The number of benzene rings is 1. The van der Waals surface area contributed by atoms with E-state index in [0.717, 1.165) is 0 Å². The molecule has 1 aliphatic rings. The van der Waals surface area contributed by atoms with E-state index < -0.39 is 6.61 Å². The van der Waals surface area contributed by atoms with Crippen LogP contribution in [0.3, 0.4) is 0 Å². The highest BCUT2D eigenvalue weighted by Crippen LogP contribution is 2.24. The van der Waals surface area contributed by atoms with Gasteiger partial charge in [-0.05, 0) is 24.5 Å². The normalized spacial score (nSPS) is 21.9. The number of amides is 1. The minimum Gasteiger partial charge on any atom is -0.434 e. The van der Waals surface area contributed by atoms with E-state index in [0.29, 0.717) is 19.5 Å². The fourth-order valence-corrected chi connectivity index (χ4v) is 2.36. The third-order valence-corrected chi connectivity index (χ3v) is 3.59. The highest BCUT2D eigenvalue weighted by Gasteiger charge is 2.28. The summed E-state index contributed by atoms with van der Waals surface area (Å²) < 4.78 is 29.1. The van der Waals surface area contributed by atoms with Crippen molar-refractivity contribution in [3.63, 3.8) is 0 Å². The van der Waals surface area contributed by atoms with Crippen LogP contribution >= 0.6 is 12.4 Å². The lowest BCUT2D eigenvalue weighted by atomic mass is 9.94. The molecule has 21 heavy (non-hydrogen) atoms. The van der Waals surface area contributed by atoms with E-state index in [9.17, 15) is 13.6 Å². The van der Waals surface area contributed by atoms with Crippen LogP contribution in [0.1, 0.15) is 23.7 Å². The number of carbonyl (C=O) groups is 1. The van der Waals surface area contributed by atoms with Gasteiger partial charge < -0.3 is 15.4 Å². The number of nitrogens with two attached hydrogens (primary N) is 1. The summed E-state index contributed by atoms with van der Waals surface area (Å²) in [4.78, 5) is 14.1. The number of ether oxygens (including phenoxy) is 1. The summed E-state index contributed by atoms with van der Waals surface area (Å²) in [5, 5.41) is 0. The molecule has 1 heterocycles. The van der Waals surface area contributed by atoms with Crippen LogP contribution in [0, 0.1) is 5.92 Å². The second-order valence-electron chi connectivity index (χ2n) is 5.06. The Balaban J connectivity index is 0.00000220. The summed E-state index contributed by atoms with van der Waals surface area (Å²) in [7, 11) is 0.